The van der Waals surface area contributed by atoms with Crippen LogP contribution in [0.2, 0.25) is 0 Å². The van der Waals surface area contributed by atoms with E-state index in [2.05, 4.69) is 10.6 Å². The van der Waals surface area contributed by atoms with Gasteiger partial charge in [0.2, 0.25) is 5.91 Å². The summed E-state index contributed by atoms with van der Waals surface area (Å²) in [5.74, 6) is -0.950. The maximum absolute atomic E-state index is 13.2. The second-order valence-electron chi connectivity index (χ2n) is 7.69. The molecule has 1 aliphatic rings. The molecule has 2 aromatic carbocycles. The summed E-state index contributed by atoms with van der Waals surface area (Å²) in [5, 5.41) is 5.68. The summed E-state index contributed by atoms with van der Waals surface area (Å²) in [6.07, 6.45) is 3.92. The Bertz CT molecular complexity index is 1180. The summed E-state index contributed by atoms with van der Waals surface area (Å²) in [5.41, 5.74) is 1.89. The number of nitrogens with zero attached hydrogens (tertiary/aromatic N) is 1. The highest BCUT2D eigenvalue weighted by molar-refractivity contribution is 6.05. The van der Waals surface area contributed by atoms with Crippen LogP contribution in [0.15, 0.2) is 65.6 Å². The third kappa shape index (κ3) is 4.88. The number of amides is 2. The van der Waals surface area contributed by atoms with E-state index in [1.54, 1.807) is 43.5 Å². The first kappa shape index (κ1) is 20.5. The summed E-state index contributed by atoms with van der Waals surface area (Å²) in [7, 11) is 0. The number of benzene rings is 2. The molecule has 3 aromatic rings. The van der Waals surface area contributed by atoms with Gasteiger partial charge in [-0.25, -0.2) is 4.39 Å². The van der Waals surface area contributed by atoms with Crippen LogP contribution < -0.4 is 16.2 Å². The van der Waals surface area contributed by atoms with Gasteiger partial charge in [-0.2, -0.15) is 0 Å². The number of rotatable bonds is 6. The molecule has 1 saturated carbocycles. The highest BCUT2D eigenvalue weighted by atomic mass is 19.1. The van der Waals surface area contributed by atoms with Gasteiger partial charge in [0.1, 0.15) is 11.4 Å². The van der Waals surface area contributed by atoms with Crippen molar-refractivity contribution in [3.8, 4) is 5.69 Å². The van der Waals surface area contributed by atoms with Crippen LogP contribution in [0.3, 0.4) is 0 Å². The standard InChI is InChI=1S/C24H22FN3O3/c1-15-12-13-28(20-10-4-17(25)5-11-20)24(31)22(15)23(30)27-19-6-2-16(3-7-19)14-21(29)26-18-8-9-18/h2-7,10-13,18H,8-9,14H2,1H3,(H,26,29)(H,27,30). The molecule has 4 rings (SSSR count). The highest BCUT2D eigenvalue weighted by Crippen LogP contribution is 2.19. The molecular weight excluding hydrogens is 397 g/mol. The van der Waals surface area contributed by atoms with E-state index < -0.39 is 17.3 Å². The van der Waals surface area contributed by atoms with Gasteiger partial charge in [0.15, 0.2) is 0 Å². The first-order valence-electron chi connectivity index (χ1n) is 10.1. The van der Waals surface area contributed by atoms with E-state index in [4.69, 9.17) is 0 Å². The van der Waals surface area contributed by atoms with Crippen LogP contribution >= 0.6 is 0 Å². The molecule has 2 N–H and O–H groups in total. The van der Waals surface area contributed by atoms with E-state index in [1.165, 1.54) is 28.8 Å². The van der Waals surface area contributed by atoms with Gasteiger partial charge in [-0.05, 0) is 73.4 Å². The normalized spacial score (nSPS) is 13.0. The highest BCUT2D eigenvalue weighted by Gasteiger charge is 2.23. The average molecular weight is 419 g/mol. The lowest BCUT2D eigenvalue weighted by molar-refractivity contribution is -0.120. The molecule has 158 valence electrons. The summed E-state index contributed by atoms with van der Waals surface area (Å²) in [6, 6.07) is 14.4. The molecular formula is C24H22FN3O3. The third-order valence-electron chi connectivity index (χ3n) is 5.15. The van der Waals surface area contributed by atoms with Crippen molar-refractivity contribution in [2.75, 3.05) is 5.32 Å². The maximum atomic E-state index is 13.2. The molecule has 1 aliphatic carbocycles. The van der Waals surface area contributed by atoms with E-state index in [-0.39, 0.29) is 17.9 Å². The number of hydrogen-bond donors (Lipinski definition) is 2. The molecule has 0 radical (unpaired) electrons. The van der Waals surface area contributed by atoms with Gasteiger partial charge in [0.05, 0.1) is 6.42 Å². The lowest BCUT2D eigenvalue weighted by Crippen LogP contribution is -2.29. The Morgan fingerprint density at radius 3 is 2.35 bits per heavy atom. The Morgan fingerprint density at radius 1 is 1.03 bits per heavy atom. The van der Waals surface area contributed by atoms with E-state index in [0.29, 0.717) is 23.0 Å². The smallest absolute Gasteiger partial charge is 0.268 e. The van der Waals surface area contributed by atoms with Gasteiger partial charge in [0.25, 0.3) is 11.5 Å². The Morgan fingerprint density at radius 2 is 1.71 bits per heavy atom. The molecule has 31 heavy (non-hydrogen) atoms. The summed E-state index contributed by atoms with van der Waals surface area (Å²) in [4.78, 5) is 37.7. The minimum absolute atomic E-state index is 0.0134. The van der Waals surface area contributed by atoms with Crippen LogP contribution in [0, 0.1) is 12.7 Å². The Kier molecular flexibility index (Phi) is 5.66. The number of pyridine rings is 1. The van der Waals surface area contributed by atoms with Crippen molar-refractivity contribution in [2.24, 2.45) is 0 Å². The number of halogens is 1. The van der Waals surface area contributed by atoms with Crippen LogP contribution in [-0.2, 0) is 11.2 Å². The van der Waals surface area contributed by atoms with Crippen molar-refractivity contribution in [1.29, 1.82) is 0 Å². The monoisotopic (exact) mass is 419 g/mol. The number of carbonyl (C=O) groups excluding carboxylic acids is 2. The zero-order valence-corrected chi connectivity index (χ0v) is 17.0. The molecule has 1 aromatic heterocycles. The maximum Gasteiger partial charge on any atom is 0.268 e. The fourth-order valence-corrected chi connectivity index (χ4v) is 3.30. The number of anilines is 1. The van der Waals surface area contributed by atoms with E-state index in [9.17, 15) is 18.8 Å². The van der Waals surface area contributed by atoms with Gasteiger partial charge in [-0.3, -0.25) is 19.0 Å². The Balaban J connectivity index is 1.50. The lowest BCUT2D eigenvalue weighted by Gasteiger charge is -2.12. The number of aromatic nitrogens is 1. The van der Waals surface area contributed by atoms with Crippen molar-refractivity contribution in [1.82, 2.24) is 9.88 Å². The molecule has 0 bridgehead atoms. The molecule has 1 fully saturated rings. The van der Waals surface area contributed by atoms with E-state index >= 15 is 0 Å². The van der Waals surface area contributed by atoms with Crippen LogP contribution in [0.4, 0.5) is 10.1 Å². The number of nitrogens with one attached hydrogen (secondary N) is 2. The topological polar surface area (TPSA) is 80.2 Å². The second-order valence-corrected chi connectivity index (χ2v) is 7.69. The largest absolute Gasteiger partial charge is 0.353 e. The summed E-state index contributed by atoms with van der Waals surface area (Å²) >= 11 is 0. The first-order chi connectivity index (χ1) is 14.9. The molecule has 0 aliphatic heterocycles. The van der Waals surface area contributed by atoms with Crippen LogP contribution in [0.5, 0.6) is 0 Å². The predicted molar refractivity (Wildman–Crippen MR) is 116 cm³/mol. The van der Waals surface area contributed by atoms with Gasteiger partial charge in [-0.1, -0.05) is 12.1 Å². The average Bonchev–Trinajstić information content (AvgIpc) is 3.54. The second kappa shape index (κ2) is 8.55. The molecule has 7 heteroatoms. The quantitative estimate of drug-likeness (QED) is 0.643. The fourth-order valence-electron chi connectivity index (χ4n) is 3.30. The SMILES string of the molecule is Cc1ccn(-c2ccc(F)cc2)c(=O)c1C(=O)Nc1ccc(CC(=O)NC2CC2)cc1. The molecule has 2 amide bonds. The Labute approximate surface area is 178 Å². The Hall–Kier alpha value is -3.74. The van der Waals surface area contributed by atoms with Gasteiger partial charge in [0, 0.05) is 23.6 Å². The van der Waals surface area contributed by atoms with Crippen LogP contribution in [-0.4, -0.2) is 22.4 Å². The molecule has 0 spiro atoms. The molecule has 6 nitrogen and oxygen atoms in total. The van der Waals surface area contributed by atoms with Gasteiger partial charge in [-0.15, -0.1) is 0 Å². The molecule has 1 heterocycles. The van der Waals surface area contributed by atoms with Crippen molar-refractivity contribution in [3.05, 3.63) is 93.7 Å². The minimum atomic E-state index is -0.529. The van der Waals surface area contributed by atoms with Crippen molar-refractivity contribution in [2.45, 2.75) is 32.2 Å². The van der Waals surface area contributed by atoms with Crippen LogP contribution in [0.1, 0.15) is 34.3 Å². The van der Waals surface area contributed by atoms with Crippen molar-refractivity contribution in [3.63, 3.8) is 0 Å². The number of aryl methyl sites for hydroxylation is 1. The van der Waals surface area contributed by atoms with Crippen molar-refractivity contribution < 1.29 is 14.0 Å². The first-order valence-corrected chi connectivity index (χ1v) is 10.1. The zero-order valence-electron chi connectivity index (χ0n) is 17.0. The fraction of sp³-hybridized carbons (Fsp3) is 0.208. The number of hydrogen-bond acceptors (Lipinski definition) is 3. The zero-order chi connectivity index (χ0) is 22.0. The minimum Gasteiger partial charge on any atom is -0.353 e. The summed E-state index contributed by atoms with van der Waals surface area (Å²) in [6.45, 7) is 1.69. The number of carbonyl (C=O) groups is 2. The molecule has 0 saturated heterocycles. The van der Waals surface area contributed by atoms with E-state index in [1.807, 2.05) is 0 Å². The van der Waals surface area contributed by atoms with E-state index in [0.717, 1.165) is 18.4 Å². The lowest BCUT2D eigenvalue weighted by atomic mass is 10.1. The van der Waals surface area contributed by atoms with Crippen molar-refractivity contribution >= 4 is 17.5 Å². The predicted octanol–water partition coefficient (Wildman–Crippen LogP) is 3.36. The van der Waals surface area contributed by atoms with Gasteiger partial charge < -0.3 is 10.6 Å². The molecule has 0 atom stereocenters. The van der Waals surface area contributed by atoms with Gasteiger partial charge >= 0.3 is 0 Å². The van der Waals surface area contributed by atoms with Crippen LogP contribution in [0.25, 0.3) is 5.69 Å². The summed E-state index contributed by atoms with van der Waals surface area (Å²) < 4.78 is 14.5. The third-order valence-corrected chi connectivity index (χ3v) is 5.15. The molecule has 0 unspecified atom stereocenters.